The zero-order chi connectivity index (χ0) is 14.4. The number of nitrogens with one attached hydrogen (secondary N) is 1. The molecule has 0 radical (unpaired) electrons. The van der Waals surface area contributed by atoms with E-state index < -0.39 is 0 Å². The van der Waals surface area contributed by atoms with E-state index in [1.54, 1.807) is 0 Å². The zero-order valence-electron chi connectivity index (χ0n) is 12.5. The van der Waals surface area contributed by atoms with Crippen molar-refractivity contribution < 1.29 is 4.74 Å². The highest BCUT2D eigenvalue weighted by Crippen LogP contribution is 2.23. The molecule has 0 aromatic heterocycles. The molecule has 20 heavy (non-hydrogen) atoms. The number of rotatable bonds is 6. The number of hydrogen-bond donors (Lipinski definition) is 1. The maximum absolute atomic E-state index is 5.59. The van der Waals surface area contributed by atoms with Crippen molar-refractivity contribution in [2.45, 2.75) is 26.3 Å². The third kappa shape index (κ3) is 3.61. The predicted molar refractivity (Wildman–Crippen MR) is 84.3 cm³/mol. The van der Waals surface area contributed by atoms with E-state index in [-0.39, 0.29) is 0 Å². The van der Waals surface area contributed by atoms with Crippen LogP contribution in [0, 0.1) is 6.92 Å². The number of likely N-dealkylation sites (N-methyl/N-ethyl adjacent to an activating group) is 1. The molecule has 106 valence electrons. The van der Waals surface area contributed by atoms with Crippen molar-refractivity contribution >= 4 is 0 Å². The lowest BCUT2D eigenvalue weighted by molar-refractivity contribution is 0.339. The minimum absolute atomic E-state index is 0.302. The monoisotopic (exact) mass is 269 g/mol. The van der Waals surface area contributed by atoms with Crippen molar-refractivity contribution in [2.75, 3.05) is 13.7 Å². The average molecular weight is 269 g/mol. The first kappa shape index (κ1) is 14.6. The zero-order valence-corrected chi connectivity index (χ0v) is 12.5. The summed E-state index contributed by atoms with van der Waals surface area (Å²) in [5, 5.41) is 3.41. The molecule has 2 aromatic carbocycles. The molecule has 0 aliphatic rings. The summed E-state index contributed by atoms with van der Waals surface area (Å²) in [6.07, 6.45) is 0.985. The third-order valence-electron chi connectivity index (χ3n) is 3.61. The Morgan fingerprint density at radius 1 is 1.10 bits per heavy atom. The van der Waals surface area contributed by atoms with Crippen LogP contribution in [0.1, 0.15) is 29.7 Å². The Labute approximate surface area is 121 Å². The summed E-state index contributed by atoms with van der Waals surface area (Å²) in [5.41, 5.74) is 3.99. The average Bonchev–Trinajstić information content (AvgIpc) is 2.47. The Morgan fingerprint density at radius 2 is 1.90 bits per heavy atom. The summed E-state index contributed by atoms with van der Waals surface area (Å²) < 4.78 is 5.59. The molecule has 0 saturated carbocycles. The second-order valence-electron chi connectivity index (χ2n) is 4.98. The molecule has 1 atom stereocenters. The predicted octanol–water partition coefficient (Wildman–Crippen LogP) is 3.90. The highest BCUT2D eigenvalue weighted by molar-refractivity contribution is 5.33. The fourth-order valence-corrected chi connectivity index (χ4v) is 2.43. The lowest BCUT2D eigenvalue weighted by atomic mass is 9.96. The standard InChI is InChI=1S/C18H23NO/c1-4-20-17-11-7-10-16(12-17)18(19-3)13-15-9-6-5-8-14(15)2/h5-12,18-19H,4,13H2,1-3H3. The fourth-order valence-electron chi connectivity index (χ4n) is 2.43. The molecule has 2 rings (SSSR count). The van der Waals surface area contributed by atoms with E-state index in [9.17, 15) is 0 Å². The van der Waals surface area contributed by atoms with Gasteiger partial charge in [-0.3, -0.25) is 0 Å². The summed E-state index contributed by atoms with van der Waals surface area (Å²) in [4.78, 5) is 0. The molecule has 0 bridgehead atoms. The normalized spacial score (nSPS) is 12.2. The maximum Gasteiger partial charge on any atom is 0.119 e. The van der Waals surface area contributed by atoms with Gasteiger partial charge in [-0.15, -0.1) is 0 Å². The van der Waals surface area contributed by atoms with Gasteiger partial charge in [0.1, 0.15) is 5.75 Å². The Morgan fingerprint density at radius 3 is 2.60 bits per heavy atom. The van der Waals surface area contributed by atoms with Crippen molar-refractivity contribution in [1.82, 2.24) is 5.32 Å². The Balaban J connectivity index is 2.20. The van der Waals surface area contributed by atoms with Crippen LogP contribution in [-0.2, 0) is 6.42 Å². The van der Waals surface area contributed by atoms with E-state index in [1.807, 2.05) is 20.0 Å². The first-order valence-corrected chi connectivity index (χ1v) is 7.19. The summed E-state index contributed by atoms with van der Waals surface area (Å²) in [5.74, 6) is 0.940. The Kier molecular flexibility index (Phi) is 5.19. The highest BCUT2D eigenvalue weighted by Gasteiger charge is 2.12. The number of aryl methyl sites for hydroxylation is 1. The van der Waals surface area contributed by atoms with Crippen LogP contribution >= 0.6 is 0 Å². The molecule has 0 fully saturated rings. The van der Waals surface area contributed by atoms with Crippen LogP contribution in [0.15, 0.2) is 48.5 Å². The molecular weight excluding hydrogens is 246 g/mol. The summed E-state index contributed by atoms with van der Waals surface area (Å²) in [6.45, 7) is 4.87. The maximum atomic E-state index is 5.59. The Hall–Kier alpha value is -1.80. The largest absolute Gasteiger partial charge is 0.494 e. The smallest absolute Gasteiger partial charge is 0.119 e. The third-order valence-corrected chi connectivity index (χ3v) is 3.61. The van der Waals surface area contributed by atoms with Gasteiger partial charge in [-0.25, -0.2) is 0 Å². The van der Waals surface area contributed by atoms with E-state index in [1.165, 1.54) is 16.7 Å². The van der Waals surface area contributed by atoms with Crippen molar-refractivity contribution in [3.63, 3.8) is 0 Å². The molecule has 0 heterocycles. The van der Waals surface area contributed by atoms with Gasteiger partial charge >= 0.3 is 0 Å². The SMILES string of the molecule is CCOc1cccc(C(Cc2ccccc2C)NC)c1. The van der Waals surface area contributed by atoms with Crippen LogP contribution in [0.5, 0.6) is 5.75 Å². The van der Waals surface area contributed by atoms with E-state index in [0.717, 1.165) is 12.2 Å². The minimum atomic E-state index is 0.302. The lowest BCUT2D eigenvalue weighted by Crippen LogP contribution is -2.19. The van der Waals surface area contributed by atoms with E-state index in [0.29, 0.717) is 12.6 Å². The summed E-state index contributed by atoms with van der Waals surface area (Å²) >= 11 is 0. The first-order chi connectivity index (χ1) is 9.74. The van der Waals surface area contributed by atoms with Gasteiger partial charge in [0.15, 0.2) is 0 Å². The summed E-state index contributed by atoms with van der Waals surface area (Å²) in [7, 11) is 2.01. The van der Waals surface area contributed by atoms with Crippen LogP contribution < -0.4 is 10.1 Å². The van der Waals surface area contributed by atoms with Crippen LogP contribution in [-0.4, -0.2) is 13.7 Å². The first-order valence-electron chi connectivity index (χ1n) is 7.19. The number of hydrogen-bond acceptors (Lipinski definition) is 2. The Bertz CT molecular complexity index is 551. The second-order valence-corrected chi connectivity index (χ2v) is 4.98. The molecule has 1 unspecified atom stereocenters. The molecular formula is C18H23NO. The molecule has 2 aromatic rings. The van der Waals surface area contributed by atoms with Gasteiger partial charge in [-0.1, -0.05) is 36.4 Å². The molecule has 0 amide bonds. The molecule has 2 heteroatoms. The van der Waals surface area contributed by atoms with E-state index in [2.05, 4.69) is 54.7 Å². The van der Waals surface area contributed by atoms with Gasteiger partial charge < -0.3 is 10.1 Å². The summed E-state index contributed by atoms with van der Waals surface area (Å²) in [6, 6.07) is 17.2. The van der Waals surface area contributed by atoms with Crippen molar-refractivity contribution in [1.29, 1.82) is 0 Å². The quantitative estimate of drug-likeness (QED) is 0.859. The molecule has 0 aliphatic carbocycles. The molecule has 0 aliphatic heterocycles. The van der Waals surface area contributed by atoms with Crippen LogP contribution in [0.3, 0.4) is 0 Å². The molecule has 2 nitrogen and oxygen atoms in total. The van der Waals surface area contributed by atoms with Crippen molar-refractivity contribution in [3.8, 4) is 5.75 Å². The van der Waals surface area contributed by atoms with Crippen LogP contribution in [0.2, 0.25) is 0 Å². The van der Waals surface area contributed by atoms with Crippen LogP contribution in [0.4, 0.5) is 0 Å². The van der Waals surface area contributed by atoms with Crippen LogP contribution in [0.25, 0.3) is 0 Å². The van der Waals surface area contributed by atoms with Gasteiger partial charge in [0.25, 0.3) is 0 Å². The van der Waals surface area contributed by atoms with Gasteiger partial charge in [0.2, 0.25) is 0 Å². The molecule has 0 saturated heterocycles. The fraction of sp³-hybridized carbons (Fsp3) is 0.333. The minimum Gasteiger partial charge on any atom is -0.494 e. The second kappa shape index (κ2) is 7.11. The highest BCUT2D eigenvalue weighted by atomic mass is 16.5. The van der Waals surface area contributed by atoms with E-state index in [4.69, 9.17) is 4.74 Å². The van der Waals surface area contributed by atoms with Gasteiger partial charge in [0.05, 0.1) is 6.61 Å². The van der Waals surface area contributed by atoms with Gasteiger partial charge in [-0.05, 0) is 56.1 Å². The van der Waals surface area contributed by atoms with Gasteiger partial charge in [-0.2, -0.15) is 0 Å². The molecule has 1 N–H and O–H groups in total. The van der Waals surface area contributed by atoms with Crippen molar-refractivity contribution in [2.24, 2.45) is 0 Å². The van der Waals surface area contributed by atoms with E-state index >= 15 is 0 Å². The number of benzene rings is 2. The van der Waals surface area contributed by atoms with Crippen molar-refractivity contribution in [3.05, 3.63) is 65.2 Å². The molecule has 0 spiro atoms. The number of ether oxygens (including phenoxy) is 1. The lowest BCUT2D eigenvalue weighted by Gasteiger charge is -2.19. The van der Waals surface area contributed by atoms with Gasteiger partial charge in [0, 0.05) is 6.04 Å². The topological polar surface area (TPSA) is 21.3 Å².